The Morgan fingerprint density at radius 1 is 1.19 bits per heavy atom. The Morgan fingerprint density at radius 2 is 1.90 bits per heavy atom. The van der Waals surface area contributed by atoms with Crippen LogP contribution >= 0.6 is 11.3 Å². The zero-order valence-corrected chi connectivity index (χ0v) is 12.5. The number of rotatable bonds is 3. The number of thiophene rings is 1. The van der Waals surface area contributed by atoms with Crippen molar-refractivity contribution in [2.75, 3.05) is 7.11 Å². The van der Waals surface area contributed by atoms with Crippen LogP contribution in [0, 0.1) is 6.92 Å². The summed E-state index contributed by atoms with van der Waals surface area (Å²) in [6.07, 6.45) is 0. The smallest absolute Gasteiger partial charge is 0.336 e. The molecule has 0 radical (unpaired) electrons. The van der Waals surface area contributed by atoms with Crippen molar-refractivity contribution < 1.29 is 14.6 Å². The van der Waals surface area contributed by atoms with E-state index in [-0.39, 0.29) is 5.56 Å². The largest absolute Gasteiger partial charge is 0.495 e. The van der Waals surface area contributed by atoms with Gasteiger partial charge < -0.3 is 9.84 Å². The number of methoxy groups -OCH3 is 1. The summed E-state index contributed by atoms with van der Waals surface area (Å²) in [5.74, 6) is -0.319. The number of hydrogen-bond donors (Lipinski definition) is 1. The molecule has 1 N–H and O–H groups in total. The van der Waals surface area contributed by atoms with E-state index < -0.39 is 5.97 Å². The topological polar surface area (TPSA) is 46.5 Å². The average Bonchev–Trinajstić information content (AvgIpc) is 2.86. The lowest BCUT2D eigenvalue weighted by atomic mass is 9.96. The van der Waals surface area contributed by atoms with Crippen LogP contribution in [0.4, 0.5) is 0 Å². The fraction of sp³-hybridized carbons (Fsp3) is 0.118. The van der Waals surface area contributed by atoms with E-state index in [1.807, 2.05) is 43.3 Å². The Morgan fingerprint density at radius 3 is 2.52 bits per heavy atom. The number of ether oxygens (including phenoxy) is 1. The van der Waals surface area contributed by atoms with Crippen molar-refractivity contribution >= 4 is 27.4 Å². The van der Waals surface area contributed by atoms with E-state index in [0.29, 0.717) is 11.3 Å². The fourth-order valence-corrected chi connectivity index (χ4v) is 3.51. The molecular weight excluding hydrogens is 284 g/mol. The zero-order chi connectivity index (χ0) is 15.0. The SMILES string of the molecule is COc1c(-c2ccccc2)c(C(=O)O)cc2sc(C)cc12. The second-order valence-electron chi connectivity index (χ2n) is 4.77. The monoisotopic (exact) mass is 298 g/mol. The highest BCUT2D eigenvalue weighted by atomic mass is 32.1. The molecule has 106 valence electrons. The zero-order valence-electron chi connectivity index (χ0n) is 11.7. The van der Waals surface area contributed by atoms with Gasteiger partial charge in [-0.05, 0) is 24.6 Å². The minimum Gasteiger partial charge on any atom is -0.495 e. The fourth-order valence-electron chi connectivity index (χ4n) is 2.55. The second kappa shape index (κ2) is 5.22. The first-order valence-electron chi connectivity index (χ1n) is 6.51. The molecule has 0 fully saturated rings. The quantitative estimate of drug-likeness (QED) is 0.769. The normalized spacial score (nSPS) is 10.8. The van der Waals surface area contributed by atoms with Crippen LogP contribution in [-0.4, -0.2) is 18.2 Å². The lowest BCUT2D eigenvalue weighted by Gasteiger charge is -2.13. The van der Waals surface area contributed by atoms with E-state index in [9.17, 15) is 9.90 Å². The summed E-state index contributed by atoms with van der Waals surface area (Å²) in [6, 6.07) is 13.3. The molecule has 0 amide bonds. The molecule has 0 bridgehead atoms. The molecule has 0 spiro atoms. The van der Waals surface area contributed by atoms with Crippen molar-refractivity contribution in [1.82, 2.24) is 0 Å². The summed E-state index contributed by atoms with van der Waals surface area (Å²) in [5, 5.41) is 10.5. The molecular formula is C17H14O3S. The van der Waals surface area contributed by atoms with Crippen LogP contribution in [0.3, 0.4) is 0 Å². The number of fused-ring (bicyclic) bond motifs is 1. The molecule has 0 aliphatic heterocycles. The molecule has 3 rings (SSSR count). The Kier molecular flexibility index (Phi) is 3.39. The Labute approximate surface area is 126 Å². The van der Waals surface area contributed by atoms with Crippen LogP contribution in [0.2, 0.25) is 0 Å². The van der Waals surface area contributed by atoms with Crippen LogP contribution in [0.5, 0.6) is 5.75 Å². The van der Waals surface area contributed by atoms with Gasteiger partial charge in [-0.25, -0.2) is 4.79 Å². The first-order valence-corrected chi connectivity index (χ1v) is 7.33. The molecule has 0 aliphatic rings. The van der Waals surface area contributed by atoms with Crippen molar-refractivity contribution in [3.05, 3.63) is 52.9 Å². The molecule has 0 aliphatic carbocycles. The number of carboxylic acid groups (broad SMARTS) is 1. The Hall–Kier alpha value is -2.33. The molecule has 0 saturated carbocycles. The van der Waals surface area contributed by atoms with Crippen LogP contribution in [0.15, 0.2) is 42.5 Å². The van der Waals surface area contributed by atoms with Gasteiger partial charge in [-0.15, -0.1) is 11.3 Å². The molecule has 3 aromatic rings. The van der Waals surface area contributed by atoms with E-state index in [2.05, 4.69) is 0 Å². The number of carboxylic acids is 1. The number of aryl methyl sites for hydroxylation is 1. The third-order valence-electron chi connectivity index (χ3n) is 3.40. The third kappa shape index (κ3) is 2.28. The predicted octanol–water partition coefficient (Wildman–Crippen LogP) is 4.58. The number of aromatic carboxylic acids is 1. The van der Waals surface area contributed by atoms with E-state index in [4.69, 9.17) is 4.74 Å². The van der Waals surface area contributed by atoms with Crippen molar-refractivity contribution in [1.29, 1.82) is 0 Å². The summed E-state index contributed by atoms with van der Waals surface area (Å²) in [6.45, 7) is 2.01. The maximum absolute atomic E-state index is 11.7. The summed E-state index contributed by atoms with van der Waals surface area (Å²) in [5.41, 5.74) is 1.75. The number of benzene rings is 2. The van der Waals surface area contributed by atoms with Gasteiger partial charge in [0.25, 0.3) is 0 Å². The molecule has 1 heterocycles. The van der Waals surface area contributed by atoms with Gasteiger partial charge in [0.1, 0.15) is 5.75 Å². The van der Waals surface area contributed by atoms with E-state index >= 15 is 0 Å². The molecule has 21 heavy (non-hydrogen) atoms. The van der Waals surface area contributed by atoms with Gasteiger partial charge in [0.05, 0.1) is 12.7 Å². The molecule has 0 saturated heterocycles. The van der Waals surface area contributed by atoms with E-state index in [1.54, 1.807) is 24.5 Å². The molecule has 0 unspecified atom stereocenters. The predicted molar refractivity (Wildman–Crippen MR) is 85.5 cm³/mol. The molecule has 2 aromatic carbocycles. The van der Waals surface area contributed by atoms with Gasteiger partial charge in [-0.2, -0.15) is 0 Å². The van der Waals surface area contributed by atoms with Crippen molar-refractivity contribution in [3.8, 4) is 16.9 Å². The van der Waals surface area contributed by atoms with E-state index in [1.165, 1.54) is 0 Å². The van der Waals surface area contributed by atoms with Gasteiger partial charge in [-0.1, -0.05) is 30.3 Å². The Balaban J connectivity index is 2.44. The molecule has 4 heteroatoms. The van der Waals surface area contributed by atoms with Crippen molar-refractivity contribution in [2.45, 2.75) is 6.92 Å². The number of carbonyl (C=O) groups is 1. The summed E-state index contributed by atoms with van der Waals surface area (Å²) in [4.78, 5) is 12.8. The highest BCUT2D eigenvalue weighted by Crippen LogP contribution is 2.42. The van der Waals surface area contributed by atoms with Gasteiger partial charge in [0.15, 0.2) is 0 Å². The minimum absolute atomic E-state index is 0.271. The summed E-state index contributed by atoms with van der Waals surface area (Å²) in [7, 11) is 1.58. The van der Waals surface area contributed by atoms with Crippen LogP contribution in [0.25, 0.3) is 21.2 Å². The summed E-state index contributed by atoms with van der Waals surface area (Å²) < 4.78 is 6.49. The highest BCUT2D eigenvalue weighted by molar-refractivity contribution is 7.19. The van der Waals surface area contributed by atoms with Gasteiger partial charge >= 0.3 is 5.97 Å². The standard InChI is InChI=1S/C17H14O3S/c1-10-8-12-14(21-10)9-13(17(18)19)15(16(12)20-2)11-6-4-3-5-7-11/h3-9H,1-2H3,(H,18,19). The lowest BCUT2D eigenvalue weighted by Crippen LogP contribution is -2.02. The Bertz CT molecular complexity index is 819. The van der Waals surface area contributed by atoms with Crippen molar-refractivity contribution in [3.63, 3.8) is 0 Å². The molecule has 1 aromatic heterocycles. The van der Waals surface area contributed by atoms with Crippen LogP contribution in [0.1, 0.15) is 15.2 Å². The van der Waals surface area contributed by atoms with E-state index in [0.717, 1.165) is 20.5 Å². The van der Waals surface area contributed by atoms with Crippen LogP contribution in [-0.2, 0) is 0 Å². The summed E-state index contributed by atoms with van der Waals surface area (Å²) >= 11 is 1.57. The second-order valence-corrected chi connectivity index (χ2v) is 6.06. The third-order valence-corrected chi connectivity index (χ3v) is 4.39. The van der Waals surface area contributed by atoms with Crippen LogP contribution < -0.4 is 4.74 Å². The van der Waals surface area contributed by atoms with Gasteiger partial charge in [0.2, 0.25) is 0 Å². The van der Waals surface area contributed by atoms with Gasteiger partial charge in [-0.3, -0.25) is 0 Å². The highest BCUT2D eigenvalue weighted by Gasteiger charge is 2.21. The number of hydrogen-bond acceptors (Lipinski definition) is 3. The molecule has 0 atom stereocenters. The first kappa shape index (κ1) is 13.6. The molecule has 3 nitrogen and oxygen atoms in total. The van der Waals surface area contributed by atoms with Crippen molar-refractivity contribution in [2.24, 2.45) is 0 Å². The first-order chi connectivity index (χ1) is 10.1. The minimum atomic E-state index is -0.944. The maximum Gasteiger partial charge on any atom is 0.336 e. The average molecular weight is 298 g/mol. The maximum atomic E-state index is 11.7. The lowest BCUT2D eigenvalue weighted by molar-refractivity contribution is 0.0697. The van der Waals surface area contributed by atoms with Gasteiger partial charge in [0, 0.05) is 20.5 Å².